The molecule has 1 unspecified atom stereocenters. The number of nitrogens with zero attached hydrogens (tertiary/aromatic N) is 5. The molecule has 1 fully saturated rings. The van der Waals surface area contributed by atoms with Crippen molar-refractivity contribution >= 4 is 33.3 Å². The van der Waals surface area contributed by atoms with Crippen LogP contribution < -0.4 is 5.32 Å². The summed E-state index contributed by atoms with van der Waals surface area (Å²) in [5.74, 6) is 0.736. The zero-order chi connectivity index (χ0) is 19.2. The molecule has 1 aliphatic rings. The summed E-state index contributed by atoms with van der Waals surface area (Å²) in [4.78, 5) is 4.66. The van der Waals surface area contributed by atoms with Crippen LogP contribution in [0, 0.1) is 0 Å². The van der Waals surface area contributed by atoms with Crippen LogP contribution in [0.3, 0.4) is 0 Å². The van der Waals surface area contributed by atoms with Gasteiger partial charge in [0.2, 0.25) is 10.0 Å². The summed E-state index contributed by atoms with van der Waals surface area (Å²) < 4.78 is 32.2. The number of rotatable bonds is 4. The van der Waals surface area contributed by atoms with E-state index in [4.69, 9.17) is 0 Å². The summed E-state index contributed by atoms with van der Waals surface area (Å²) in [7, 11) is -1.77. The molecule has 3 aromatic rings. The van der Waals surface area contributed by atoms with Crippen molar-refractivity contribution in [2.75, 3.05) is 19.6 Å². The van der Waals surface area contributed by atoms with Crippen molar-refractivity contribution in [1.29, 1.82) is 0 Å². The second-order valence-corrected chi connectivity index (χ2v) is 9.03. The van der Waals surface area contributed by atoms with Gasteiger partial charge in [-0.2, -0.15) is 9.40 Å². The van der Waals surface area contributed by atoms with Crippen molar-refractivity contribution in [3.8, 4) is 0 Å². The van der Waals surface area contributed by atoms with Crippen LogP contribution in [0.5, 0.6) is 0 Å². The molecule has 28 heavy (non-hydrogen) atoms. The monoisotopic (exact) mass is 424 g/mol. The van der Waals surface area contributed by atoms with Crippen LogP contribution in [0.25, 0.3) is 10.9 Å². The van der Waals surface area contributed by atoms with Crippen LogP contribution in [-0.4, -0.2) is 51.7 Å². The molecule has 0 spiro atoms. The molecule has 1 atom stereocenters. The number of hydrogen-bond acceptors (Lipinski definition) is 5. The highest BCUT2D eigenvalue weighted by atomic mass is 35.5. The quantitative estimate of drug-likeness (QED) is 0.693. The average Bonchev–Trinajstić information content (AvgIpc) is 3.27. The Morgan fingerprint density at radius 3 is 2.75 bits per heavy atom. The minimum absolute atomic E-state index is 0. The van der Waals surface area contributed by atoms with Crippen LogP contribution in [0.15, 0.2) is 41.7 Å². The smallest absolute Gasteiger partial charge is 0.243 e. The van der Waals surface area contributed by atoms with Gasteiger partial charge in [0.15, 0.2) is 0 Å². The van der Waals surface area contributed by atoms with Crippen molar-refractivity contribution < 1.29 is 8.42 Å². The lowest BCUT2D eigenvalue weighted by Gasteiger charge is -2.34. The van der Waals surface area contributed by atoms with Gasteiger partial charge < -0.3 is 9.88 Å². The first kappa shape index (κ1) is 20.8. The second kappa shape index (κ2) is 7.82. The number of benzene rings is 1. The zero-order valence-electron chi connectivity index (χ0n) is 16.1. The minimum atomic E-state index is -3.65. The number of halogens is 1. The van der Waals surface area contributed by atoms with E-state index in [-0.39, 0.29) is 24.5 Å². The Kier molecular flexibility index (Phi) is 5.81. The van der Waals surface area contributed by atoms with E-state index < -0.39 is 10.0 Å². The maximum atomic E-state index is 13.4. The van der Waals surface area contributed by atoms with E-state index in [2.05, 4.69) is 29.2 Å². The lowest BCUT2D eigenvalue weighted by atomic mass is 10.2. The van der Waals surface area contributed by atoms with E-state index in [0.29, 0.717) is 24.5 Å². The largest absolute Gasteiger partial charge is 0.337 e. The Balaban J connectivity index is 0.00000225. The van der Waals surface area contributed by atoms with Gasteiger partial charge in [-0.25, -0.2) is 13.4 Å². The number of fused-ring (bicyclic) bond motifs is 1. The molecule has 10 heteroatoms. The predicted octanol–water partition coefficient (Wildman–Crippen LogP) is 2.11. The van der Waals surface area contributed by atoms with Gasteiger partial charge in [0.05, 0.1) is 22.7 Å². The highest BCUT2D eigenvalue weighted by Crippen LogP contribution is 2.30. The maximum absolute atomic E-state index is 13.4. The molecule has 1 N–H and O–H groups in total. The molecule has 0 saturated carbocycles. The SMILES string of the molecule is CC(C)n1ncc2cc(S(=O)(=O)N3CCNCC3c3nccn3C)ccc21.Cl. The third-order valence-electron chi connectivity index (χ3n) is 5.01. The fourth-order valence-electron chi connectivity index (χ4n) is 3.63. The Hall–Kier alpha value is -1.94. The molecule has 152 valence electrons. The molecule has 1 aliphatic heterocycles. The third-order valence-corrected chi connectivity index (χ3v) is 6.92. The third kappa shape index (κ3) is 3.43. The Morgan fingerprint density at radius 2 is 2.07 bits per heavy atom. The topological polar surface area (TPSA) is 85.1 Å². The van der Waals surface area contributed by atoms with Crippen LogP contribution in [0.2, 0.25) is 0 Å². The summed E-state index contributed by atoms with van der Waals surface area (Å²) in [6.07, 6.45) is 5.25. The van der Waals surface area contributed by atoms with Gasteiger partial charge >= 0.3 is 0 Å². The van der Waals surface area contributed by atoms with Crippen molar-refractivity contribution in [2.45, 2.75) is 30.8 Å². The van der Waals surface area contributed by atoms with E-state index in [0.717, 1.165) is 16.7 Å². The maximum Gasteiger partial charge on any atom is 0.243 e. The van der Waals surface area contributed by atoms with E-state index >= 15 is 0 Å². The first-order valence-electron chi connectivity index (χ1n) is 9.06. The number of hydrogen-bond donors (Lipinski definition) is 1. The second-order valence-electron chi connectivity index (χ2n) is 7.14. The van der Waals surface area contributed by atoms with Gasteiger partial charge in [0.25, 0.3) is 0 Å². The van der Waals surface area contributed by atoms with Crippen molar-refractivity contribution in [1.82, 2.24) is 29.0 Å². The van der Waals surface area contributed by atoms with Gasteiger partial charge in [0, 0.05) is 50.5 Å². The molecule has 8 nitrogen and oxygen atoms in total. The molecular formula is C18H25ClN6O2S. The molecule has 4 rings (SSSR count). The molecule has 1 aromatic carbocycles. The summed E-state index contributed by atoms with van der Waals surface area (Å²) in [5, 5.41) is 8.49. The molecule has 0 bridgehead atoms. The van der Waals surface area contributed by atoms with E-state index in [9.17, 15) is 8.42 Å². The zero-order valence-corrected chi connectivity index (χ0v) is 17.7. The summed E-state index contributed by atoms with van der Waals surface area (Å²) in [6, 6.07) is 5.11. The first-order chi connectivity index (χ1) is 12.9. The fourth-order valence-corrected chi connectivity index (χ4v) is 5.25. The first-order valence-corrected chi connectivity index (χ1v) is 10.5. The normalized spacial score (nSPS) is 18.5. The van der Waals surface area contributed by atoms with Crippen LogP contribution >= 0.6 is 12.4 Å². The van der Waals surface area contributed by atoms with Crippen LogP contribution in [0.1, 0.15) is 31.8 Å². The number of aryl methyl sites for hydroxylation is 1. The van der Waals surface area contributed by atoms with Gasteiger partial charge in [-0.15, -0.1) is 12.4 Å². The Bertz CT molecular complexity index is 1070. The van der Waals surface area contributed by atoms with Gasteiger partial charge in [-0.05, 0) is 32.0 Å². The minimum Gasteiger partial charge on any atom is -0.337 e. The molecular weight excluding hydrogens is 400 g/mol. The van der Waals surface area contributed by atoms with Gasteiger partial charge in [-0.3, -0.25) is 4.68 Å². The lowest BCUT2D eigenvalue weighted by molar-refractivity contribution is 0.258. The van der Waals surface area contributed by atoms with Gasteiger partial charge in [-0.1, -0.05) is 0 Å². The average molecular weight is 425 g/mol. The molecule has 0 aliphatic carbocycles. The summed E-state index contributed by atoms with van der Waals surface area (Å²) in [5.41, 5.74) is 0.935. The molecule has 1 saturated heterocycles. The van der Waals surface area contributed by atoms with Gasteiger partial charge in [0.1, 0.15) is 5.82 Å². The lowest BCUT2D eigenvalue weighted by Crippen LogP contribution is -2.49. The molecule has 3 heterocycles. The number of nitrogens with one attached hydrogen (secondary N) is 1. The predicted molar refractivity (Wildman–Crippen MR) is 110 cm³/mol. The van der Waals surface area contributed by atoms with E-state index in [1.165, 1.54) is 0 Å². The summed E-state index contributed by atoms with van der Waals surface area (Å²) >= 11 is 0. The Morgan fingerprint density at radius 1 is 1.29 bits per heavy atom. The highest BCUT2D eigenvalue weighted by Gasteiger charge is 2.36. The molecule has 2 aromatic heterocycles. The highest BCUT2D eigenvalue weighted by molar-refractivity contribution is 7.89. The molecule has 0 radical (unpaired) electrons. The van der Waals surface area contributed by atoms with Crippen molar-refractivity contribution in [2.24, 2.45) is 7.05 Å². The fraction of sp³-hybridized carbons (Fsp3) is 0.444. The Labute approximate surface area is 171 Å². The number of sulfonamides is 1. The number of aromatic nitrogens is 4. The van der Waals surface area contributed by atoms with E-state index in [1.54, 1.807) is 28.8 Å². The summed E-state index contributed by atoms with van der Waals surface area (Å²) in [6.45, 7) is 5.67. The van der Waals surface area contributed by atoms with Crippen LogP contribution in [0.4, 0.5) is 0 Å². The number of piperazine rings is 1. The van der Waals surface area contributed by atoms with Crippen LogP contribution in [-0.2, 0) is 17.1 Å². The van der Waals surface area contributed by atoms with E-state index in [1.807, 2.05) is 28.6 Å². The molecule has 0 amide bonds. The number of imidazole rings is 1. The van der Waals surface area contributed by atoms with Crippen molar-refractivity contribution in [3.05, 3.63) is 42.6 Å². The van der Waals surface area contributed by atoms with Crippen molar-refractivity contribution in [3.63, 3.8) is 0 Å². The standard InChI is InChI=1S/C18H24N6O2S.ClH/c1-13(2)24-16-5-4-15(10-14(16)11-21-24)27(25,26)23-9-6-19-12-17(23)18-20-7-8-22(18)3;/h4-5,7-8,10-11,13,17,19H,6,9,12H2,1-3H3;1H.